The van der Waals surface area contributed by atoms with Crippen LogP contribution in [0.5, 0.6) is 11.5 Å². The standard InChI is InChI=1S/C25H22ClIN2O4/c1-2-28-25(30)23-27-24(33-29-23)19-13-20(26)22(32-16-18-11-7-4-8-12-18)14-21(19)31-15-17-9-5-3-6-10-17/h3-14H,2,15-16H2,1H3,(H,28,30). The second-order valence-corrected chi connectivity index (χ2v) is 9.98. The summed E-state index contributed by atoms with van der Waals surface area (Å²) in [5.41, 5.74) is 2.74. The normalized spacial score (nSPS) is 12.7. The topological polar surface area (TPSA) is 69.2 Å². The molecule has 8 heteroatoms. The second-order valence-electron chi connectivity index (χ2n) is 7.03. The molecule has 1 aliphatic rings. The molecule has 33 heavy (non-hydrogen) atoms. The predicted octanol–water partition coefficient (Wildman–Crippen LogP) is 5.43. The van der Waals surface area contributed by atoms with Crippen LogP contribution in [0.3, 0.4) is 0 Å². The molecule has 1 heterocycles. The third-order valence-electron chi connectivity index (χ3n) is 4.63. The molecule has 0 bridgehead atoms. The minimum atomic E-state index is -0.919. The highest BCUT2D eigenvalue weighted by Gasteiger charge is 2.24. The maximum absolute atomic E-state index is 12.2. The molecule has 1 amide bonds. The molecule has 0 fully saturated rings. The van der Waals surface area contributed by atoms with Crippen LogP contribution in [0.4, 0.5) is 0 Å². The fourth-order valence-electron chi connectivity index (χ4n) is 3.00. The average Bonchev–Trinajstić information content (AvgIpc) is 3.34. The maximum Gasteiger partial charge on any atom is 0.279 e. The van der Waals surface area contributed by atoms with Crippen molar-refractivity contribution < 1.29 is 19.1 Å². The van der Waals surface area contributed by atoms with E-state index in [0.717, 1.165) is 11.1 Å². The zero-order chi connectivity index (χ0) is 23.0. The van der Waals surface area contributed by atoms with Gasteiger partial charge in [-0.3, -0.25) is 4.79 Å². The van der Waals surface area contributed by atoms with Crippen LogP contribution in [0.15, 0.2) is 78.0 Å². The molecule has 0 radical (unpaired) electrons. The Kier molecular flexibility index (Phi) is 7.96. The second kappa shape index (κ2) is 11.3. The van der Waals surface area contributed by atoms with E-state index in [0.29, 0.717) is 49.3 Å². The Hall–Kier alpha value is -2.91. The minimum absolute atomic E-state index is 0.207. The molecule has 0 unspecified atom stereocenters. The van der Waals surface area contributed by atoms with Gasteiger partial charge in [-0.05, 0) is 44.8 Å². The molecule has 0 aliphatic carbocycles. The van der Waals surface area contributed by atoms with E-state index < -0.39 is 20.7 Å². The summed E-state index contributed by atoms with van der Waals surface area (Å²) in [7, 11) is 0. The molecule has 1 aliphatic heterocycles. The van der Waals surface area contributed by atoms with Crippen molar-refractivity contribution >= 4 is 45.7 Å². The van der Waals surface area contributed by atoms with Crippen LogP contribution in [-0.2, 0) is 22.8 Å². The summed E-state index contributed by atoms with van der Waals surface area (Å²) in [5, 5.41) is 7.18. The summed E-state index contributed by atoms with van der Waals surface area (Å²) < 4.78 is 13.2. The van der Waals surface area contributed by atoms with Gasteiger partial charge in [-0.15, -0.1) is 0 Å². The predicted molar refractivity (Wildman–Crippen MR) is 138 cm³/mol. The first-order valence-corrected chi connectivity index (χ1v) is 12.9. The summed E-state index contributed by atoms with van der Waals surface area (Å²) in [6.07, 6.45) is 0. The van der Waals surface area contributed by atoms with Crippen LogP contribution < -0.4 is 14.8 Å². The molecule has 0 atom stereocenters. The van der Waals surface area contributed by atoms with E-state index >= 15 is 0 Å². The number of benzene rings is 3. The molecule has 1 N–H and O–H groups in total. The summed E-state index contributed by atoms with van der Waals surface area (Å²) in [4.78, 5) is 17.7. The number of ether oxygens (including phenoxy) is 2. The number of hydrogen-bond acceptors (Lipinski definition) is 5. The van der Waals surface area contributed by atoms with Crippen LogP contribution in [0.25, 0.3) is 0 Å². The van der Waals surface area contributed by atoms with Crippen molar-refractivity contribution in [3.63, 3.8) is 0 Å². The Bertz CT molecular complexity index is 1180. The number of hydrogen-bond donors (Lipinski definition) is 1. The molecule has 4 rings (SSSR count). The van der Waals surface area contributed by atoms with Crippen LogP contribution in [0.1, 0.15) is 23.6 Å². The van der Waals surface area contributed by atoms with Gasteiger partial charge in [0.25, 0.3) is 5.91 Å². The molecule has 0 saturated heterocycles. The summed E-state index contributed by atoms with van der Waals surface area (Å²) in [6, 6.07) is 23.2. The Balaban J connectivity index is 1.61. The molecule has 0 aromatic heterocycles. The lowest BCUT2D eigenvalue weighted by Gasteiger charge is -2.15. The lowest BCUT2D eigenvalue weighted by Crippen LogP contribution is -2.27. The Morgan fingerprint density at radius 2 is 1.58 bits per heavy atom. The first-order valence-electron chi connectivity index (χ1n) is 10.4. The van der Waals surface area contributed by atoms with E-state index in [2.05, 4.69) is 10.5 Å². The largest absolute Gasteiger partial charge is 0.488 e. The van der Waals surface area contributed by atoms with Gasteiger partial charge in [0.2, 0.25) is 7.41 Å². The smallest absolute Gasteiger partial charge is 0.279 e. The number of oxime groups is 1. The Morgan fingerprint density at radius 3 is 2.18 bits per heavy atom. The van der Waals surface area contributed by atoms with Gasteiger partial charge in [-0.2, -0.15) is 0 Å². The Labute approximate surface area is 207 Å². The van der Waals surface area contributed by atoms with E-state index in [1.807, 2.05) is 67.6 Å². The van der Waals surface area contributed by atoms with Crippen LogP contribution in [-0.4, -0.2) is 19.9 Å². The highest BCUT2D eigenvalue weighted by Crippen LogP contribution is 2.36. The highest BCUT2D eigenvalue weighted by molar-refractivity contribution is 14.2. The molecular formula is C25H22ClIN2O4. The first kappa shape index (κ1) is 23.3. The maximum atomic E-state index is 12.2. The van der Waals surface area contributed by atoms with E-state index in [1.165, 1.54) is 0 Å². The first-order chi connectivity index (χ1) is 16.1. The zero-order valence-corrected chi connectivity index (χ0v) is 20.8. The number of amides is 1. The lowest BCUT2D eigenvalue weighted by molar-refractivity contribution is -0.114. The van der Waals surface area contributed by atoms with Gasteiger partial charge in [0.1, 0.15) is 24.7 Å². The van der Waals surface area contributed by atoms with Gasteiger partial charge >= 0.3 is 0 Å². The van der Waals surface area contributed by atoms with Crippen molar-refractivity contribution in [2.24, 2.45) is 5.16 Å². The number of nitrogens with zero attached hydrogens (tertiary/aromatic N) is 1. The summed E-state index contributed by atoms with van der Waals surface area (Å²) in [6.45, 7) is 3.13. The molecule has 6 nitrogen and oxygen atoms in total. The third-order valence-corrected chi connectivity index (χ3v) is 7.39. The van der Waals surface area contributed by atoms with E-state index in [9.17, 15) is 4.79 Å². The SMILES string of the molecule is CCNC(=O)C1=NOC(c2cc(Cl)c(OCc3ccccc3)cc2OCc2ccccc2)=I1. The van der Waals surface area contributed by atoms with Crippen LogP contribution >= 0.6 is 32.3 Å². The van der Waals surface area contributed by atoms with Crippen molar-refractivity contribution in [1.29, 1.82) is 0 Å². The highest BCUT2D eigenvalue weighted by atomic mass is 127. The van der Waals surface area contributed by atoms with Crippen molar-refractivity contribution in [2.75, 3.05) is 6.54 Å². The minimum Gasteiger partial charge on any atom is -0.488 e. The molecule has 170 valence electrons. The summed E-state index contributed by atoms with van der Waals surface area (Å²) in [5.74, 6) is 0.864. The fraction of sp³-hybridized carbons (Fsp3) is 0.160. The Morgan fingerprint density at radius 1 is 0.970 bits per heavy atom. The molecule has 3 aromatic carbocycles. The van der Waals surface area contributed by atoms with Crippen molar-refractivity contribution in [2.45, 2.75) is 20.1 Å². The van der Waals surface area contributed by atoms with E-state index in [1.54, 1.807) is 12.1 Å². The zero-order valence-electron chi connectivity index (χ0n) is 17.9. The summed E-state index contributed by atoms with van der Waals surface area (Å²) >= 11 is 5.64. The molecule has 0 spiro atoms. The van der Waals surface area contributed by atoms with Gasteiger partial charge in [-0.1, -0.05) is 77.4 Å². The quantitative estimate of drug-likeness (QED) is 0.345. The molecule has 3 aromatic rings. The van der Waals surface area contributed by atoms with Crippen molar-refractivity contribution in [3.8, 4) is 11.5 Å². The van der Waals surface area contributed by atoms with Gasteiger partial charge in [0.05, 0.1) is 10.6 Å². The number of carbonyl (C=O) groups is 1. The van der Waals surface area contributed by atoms with Gasteiger partial charge in [0.15, 0.2) is 0 Å². The number of rotatable bonds is 9. The molecular weight excluding hydrogens is 555 g/mol. The van der Waals surface area contributed by atoms with E-state index in [4.69, 9.17) is 25.9 Å². The average molecular weight is 577 g/mol. The molecule has 0 saturated carbocycles. The number of halogens is 2. The van der Waals surface area contributed by atoms with Crippen molar-refractivity contribution in [1.82, 2.24) is 5.32 Å². The third kappa shape index (κ3) is 6.11. The number of carbonyl (C=O) groups excluding carboxylic acids is 1. The van der Waals surface area contributed by atoms with Crippen LogP contribution in [0, 0.1) is 0 Å². The number of nitrogens with one attached hydrogen (secondary N) is 1. The van der Waals surface area contributed by atoms with Crippen molar-refractivity contribution in [3.05, 3.63) is 94.5 Å². The fourth-order valence-corrected chi connectivity index (χ4v) is 5.23. The monoisotopic (exact) mass is 576 g/mol. The van der Waals surface area contributed by atoms with Gasteiger partial charge < -0.3 is 19.6 Å². The van der Waals surface area contributed by atoms with Gasteiger partial charge in [-0.25, -0.2) is 0 Å². The van der Waals surface area contributed by atoms with Gasteiger partial charge in [0, 0.05) is 12.6 Å². The van der Waals surface area contributed by atoms with Crippen LogP contribution in [0.2, 0.25) is 5.02 Å². The lowest BCUT2D eigenvalue weighted by atomic mass is 10.2. The van der Waals surface area contributed by atoms with E-state index in [-0.39, 0.29) is 5.91 Å².